The average molecular weight is 324 g/mol. The second-order valence-electron chi connectivity index (χ2n) is 6.51. The maximum Gasteiger partial charge on any atom is 0.270 e. The van der Waals surface area contributed by atoms with E-state index in [9.17, 15) is 4.79 Å². The zero-order valence-corrected chi connectivity index (χ0v) is 14.5. The van der Waals surface area contributed by atoms with Crippen LogP contribution in [0.4, 0.5) is 0 Å². The maximum absolute atomic E-state index is 12.0. The van der Waals surface area contributed by atoms with Gasteiger partial charge in [0.2, 0.25) is 0 Å². The molecule has 1 amide bonds. The first kappa shape index (κ1) is 17.4. The van der Waals surface area contributed by atoms with Gasteiger partial charge in [-0.05, 0) is 50.7 Å². The summed E-state index contributed by atoms with van der Waals surface area (Å²) in [5.74, 6) is 1.29. The lowest BCUT2D eigenvalue weighted by atomic mass is 9.96. The van der Waals surface area contributed by atoms with Gasteiger partial charge in [-0.15, -0.1) is 11.3 Å². The third kappa shape index (κ3) is 5.34. The van der Waals surface area contributed by atoms with Crippen LogP contribution in [-0.4, -0.2) is 42.0 Å². The summed E-state index contributed by atoms with van der Waals surface area (Å²) >= 11 is 1.44. The van der Waals surface area contributed by atoms with E-state index in [1.165, 1.54) is 37.1 Å². The lowest BCUT2D eigenvalue weighted by molar-refractivity contribution is 0.0931. The van der Waals surface area contributed by atoms with Gasteiger partial charge >= 0.3 is 0 Å². The van der Waals surface area contributed by atoms with Crippen molar-refractivity contribution in [3.63, 3.8) is 0 Å². The van der Waals surface area contributed by atoms with Gasteiger partial charge in [0.05, 0.1) is 0 Å². The van der Waals surface area contributed by atoms with E-state index in [0.717, 1.165) is 30.6 Å². The number of nitrogens with zero attached hydrogens (tertiary/aromatic N) is 2. The predicted molar refractivity (Wildman–Crippen MR) is 91.0 cm³/mol. The Hall–Kier alpha value is -0.980. The van der Waals surface area contributed by atoms with Crippen LogP contribution in [0.3, 0.4) is 0 Å². The number of hydrogen-bond donors (Lipinski definition) is 2. The molecule has 3 N–H and O–H groups in total. The van der Waals surface area contributed by atoms with E-state index in [2.05, 4.69) is 29.0 Å². The van der Waals surface area contributed by atoms with Gasteiger partial charge in [-0.2, -0.15) is 0 Å². The van der Waals surface area contributed by atoms with Crippen molar-refractivity contribution >= 4 is 17.2 Å². The summed E-state index contributed by atoms with van der Waals surface area (Å²) in [4.78, 5) is 18.8. The molecular formula is C16H28N4OS. The topological polar surface area (TPSA) is 71.2 Å². The molecule has 1 fully saturated rings. The number of nitrogens with two attached hydrogens (primary N) is 1. The normalized spacial score (nSPS) is 17.1. The average Bonchev–Trinajstić information content (AvgIpc) is 3.00. The largest absolute Gasteiger partial charge is 0.350 e. The van der Waals surface area contributed by atoms with E-state index >= 15 is 0 Å². The van der Waals surface area contributed by atoms with Gasteiger partial charge in [-0.1, -0.05) is 13.8 Å². The molecule has 22 heavy (non-hydrogen) atoms. The Balaban J connectivity index is 1.67. The Kier molecular flexibility index (Phi) is 6.79. The number of nitrogens with one attached hydrogen (secondary N) is 1. The number of piperidine rings is 1. The van der Waals surface area contributed by atoms with E-state index < -0.39 is 0 Å². The molecule has 1 aliphatic rings. The van der Waals surface area contributed by atoms with Crippen molar-refractivity contribution in [2.24, 2.45) is 17.6 Å². The summed E-state index contributed by atoms with van der Waals surface area (Å²) in [7, 11) is 0. The van der Waals surface area contributed by atoms with Gasteiger partial charge in [0, 0.05) is 18.5 Å². The van der Waals surface area contributed by atoms with Crippen LogP contribution < -0.4 is 11.1 Å². The highest BCUT2D eigenvalue weighted by molar-refractivity contribution is 7.09. The van der Waals surface area contributed by atoms with Crippen molar-refractivity contribution in [3.8, 4) is 0 Å². The zero-order valence-electron chi connectivity index (χ0n) is 13.7. The standard InChI is InChI=1S/C16H28N4OS/c1-12(2)3-6-20-7-4-13(5-8-20)10-18-16(21)14-11-22-15(9-17)19-14/h11-13H,3-10,17H2,1-2H3,(H,18,21). The number of carbonyl (C=O) groups excluding carboxylic acids is 1. The molecule has 1 aromatic heterocycles. The van der Waals surface area contributed by atoms with Crippen LogP contribution in [0.2, 0.25) is 0 Å². The molecule has 5 nitrogen and oxygen atoms in total. The maximum atomic E-state index is 12.0. The highest BCUT2D eigenvalue weighted by Crippen LogP contribution is 2.17. The van der Waals surface area contributed by atoms with E-state index in [4.69, 9.17) is 5.73 Å². The van der Waals surface area contributed by atoms with Crippen molar-refractivity contribution in [2.45, 2.75) is 39.7 Å². The molecule has 6 heteroatoms. The Morgan fingerprint density at radius 1 is 1.50 bits per heavy atom. The van der Waals surface area contributed by atoms with Crippen LogP contribution in [0, 0.1) is 11.8 Å². The van der Waals surface area contributed by atoms with Crippen molar-refractivity contribution in [2.75, 3.05) is 26.2 Å². The number of amides is 1. The highest BCUT2D eigenvalue weighted by atomic mass is 32.1. The molecule has 0 unspecified atom stereocenters. The number of likely N-dealkylation sites (tertiary alicyclic amines) is 1. The summed E-state index contributed by atoms with van der Waals surface area (Å²) in [5.41, 5.74) is 6.02. The molecule has 0 bridgehead atoms. The second kappa shape index (κ2) is 8.60. The van der Waals surface area contributed by atoms with E-state index in [1.54, 1.807) is 5.38 Å². The van der Waals surface area contributed by atoms with E-state index in [0.29, 0.717) is 18.2 Å². The minimum atomic E-state index is -0.0711. The fourth-order valence-corrected chi connectivity index (χ4v) is 3.35. The monoisotopic (exact) mass is 324 g/mol. The van der Waals surface area contributed by atoms with Gasteiger partial charge in [-0.25, -0.2) is 4.98 Å². The molecule has 2 rings (SSSR count). The molecule has 0 saturated carbocycles. The van der Waals surface area contributed by atoms with E-state index in [1.807, 2.05) is 0 Å². The van der Waals surface area contributed by atoms with Crippen LogP contribution in [-0.2, 0) is 6.54 Å². The quantitative estimate of drug-likeness (QED) is 0.805. The third-order valence-electron chi connectivity index (χ3n) is 4.24. The lowest BCUT2D eigenvalue weighted by Crippen LogP contribution is -2.39. The SMILES string of the molecule is CC(C)CCN1CCC(CNC(=O)c2csc(CN)n2)CC1. The van der Waals surface area contributed by atoms with Gasteiger partial charge in [0.15, 0.2) is 0 Å². The summed E-state index contributed by atoms with van der Waals surface area (Å²) in [6.45, 7) is 9.22. The van der Waals surface area contributed by atoms with Gasteiger partial charge in [-0.3, -0.25) is 4.79 Å². The minimum Gasteiger partial charge on any atom is -0.350 e. The molecule has 0 radical (unpaired) electrons. The first-order valence-electron chi connectivity index (χ1n) is 8.23. The first-order valence-corrected chi connectivity index (χ1v) is 9.11. The first-order chi connectivity index (χ1) is 10.6. The summed E-state index contributed by atoms with van der Waals surface area (Å²) in [6, 6.07) is 0. The summed E-state index contributed by atoms with van der Waals surface area (Å²) in [6.07, 6.45) is 3.61. The Morgan fingerprint density at radius 3 is 2.82 bits per heavy atom. The van der Waals surface area contributed by atoms with Gasteiger partial charge in [0.25, 0.3) is 5.91 Å². The second-order valence-corrected chi connectivity index (χ2v) is 7.45. The Morgan fingerprint density at radius 2 is 2.23 bits per heavy atom. The summed E-state index contributed by atoms with van der Waals surface area (Å²) < 4.78 is 0. The number of hydrogen-bond acceptors (Lipinski definition) is 5. The van der Waals surface area contributed by atoms with Crippen LogP contribution in [0.1, 0.15) is 48.6 Å². The highest BCUT2D eigenvalue weighted by Gasteiger charge is 2.20. The Labute approximate surface area is 137 Å². The van der Waals surface area contributed by atoms with Crippen LogP contribution >= 0.6 is 11.3 Å². The minimum absolute atomic E-state index is 0.0711. The van der Waals surface area contributed by atoms with Crippen molar-refractivity contribution < 1.29 is 4.79 Å². The molecule has 1 aromatic rings. The molecule has 0 atom stereocenters. The molecule has 2 heterocycles. The lowest BCUT2D eigenvalue weighted by Gasteiger charge is -2.32. The van der Waals surface area contributed by atoms with Crippen molar-refractivity contribution in [1.29, 1.82) is 0 Å². The molecule has 0 aliphatic carbocycles. The molecule has 1 aliphatic heterocycles. The van der Waals surface area contributed by atoms with Gasteiger partial charge < -0.3 is 16.0 Å². The fourth-order valence-electron chi connectivity index (χ4n) is 2.69. The molecule has 1 saturated heterocycles. The Bertz CT molecular complexity index is 466. The summed E-state index contributed by atoms with van der Waals surface area (Å²) in [5, 5.41) is 5.61. The third-order valence-corrected chi connectivity index (χ3v) is 5.11. The van der Waals surface area contributed by atoms with Gasteiger partial charge in [0.1, 0.15) is 10.7 Å². The molecular weight excluding hydrogens is 296 g/mol. The molecule has 124 valence electrons. The van der Waals surface area contributed by atoms with Crippen molar-refractivity contribution in [3.05, 3.63) is 16.1 Å². The predicted octanol–water partition coefficient (Wildman–Crippen LogP) is 2.09. The fraction of sp³-hybridized carbons (Fsp3) is 0.750. The smallest absolute Gasteiger partial charge is 0.270 e. The van der Waals surface area contributed by atoms with Crippen LogP contribution in [0.15, 0.2) is 5.38 Å². The van der Waals surface area contributed by atoms with Crippen LogP contribution in [0.25, 0.3) is 0 Å². The number of aromatic nitrogens is 1. The molecule has 0 aromatic carbocycles. The number of rotatable bonds is 7. The van der Waals surface area contributed by atoms with Crippen LogP contribution in [0.5, 0.6) is 0 Å². The number of thiazole rings is 1. The van der Waals surface area contributed by atoms with E-state index in [-0.39, 0.29) is 5.91 Å². The zero-order chi connectivity index (χ0) is 15.9. The van der Waals surface area contributed by atoms with Crippen molar-refractivity contribution in [1.82, 2.24) is 15.2 Å². The number of carbonyl (C=O) groups is 1. The molecule has 0 spiro atoms.